The fourth-order valence-electron chi connectivity index (χ4n) is 5.02. The van der Waals surface area contributed by atoms with E-state index in [0.717, 1.165) is 6.07 Å². The monoisotopic (exact) mass is 595 g/mol. The number of aromatic nitrogens is 3. The summed E-state index contributed by atoms with van der Waals surface area (Å²) in [4.78, 5) is 42.2. The molecule has 1 aromatic carbocycles. The molecule has 3 aromatic heterocycles. The van der Waals surface area contributed by atoms with Crippen LogP contribution in [0.1, 0.15) is 49.5 Å². The van der Waals surface area contributed by atoms with E-state index in [4.69, 9.17) is 0 Å². The van der Waals surface area contributed by atoms with Crippen LogP contribution in [0.5, 0.6) is 0 Å². The van der Waals surface area contributed by atoms with Crippen LogP contribution in [0.3, 0.4) is 0 Å². The number of benzene rings is 1. The Morgan fingerprint density at radius 1 is 1.07 bits per heavy atom. The van der Waals surface area contributed by atoms with Gasteiger partial charge in [-0.05, 0) is 63.9 Å². The van der Waals surface area contributed by atoms with Gasteiger partial charge in [-0.3, -0.25) is 4.79 Å². The maximum absolute atomic E-state index is 13.9. The quantitative estimate of drug-likeness (QED) is 0.234. The van der Waals surface area contributed by atoms with Gasteiger partial charge in [0.15, 0.2) is 5.13 Å². The number of amides is 2. The standard InChI is InChI=1S/C29H31F2N7O3S/c1-29(2,3)38(28(40)41)20-10-12-37(13-11-20)26(39)18-5-8-24(33-16-18)36-27-34-22-7-9-23(35-25(22)42-27)32-15-17-4-6-19(30)14-21(17)31/h4-9,14,16,20H,10-13,15H2,1-3H3,(H,32,35)(H,40,41)(H,33,34,36). The van der Waals surface area contributed by atoms with Crippen LogP contribution in [-0.4, -0.2) is 66.5 Å². The van der Waals surface area contributed by atoms with E-state index >= 15 is 0 Å². The molecule has 2 amide bonds. The minimum atomic E-state index is -0.945. The Bertz CT molecular complexity index is 1600. The summed E-state index contributed by atoms with van der Waals surface area (Å²) in [6, 6.07) is 10.2. The summed E-state index contributed by atoms with van der Waals surface area (Å²) in [6.45, 7) is 6.72. The number of thiazole rings is 1. The summed E-state index contributed by atoms with van der Waals surface area (Å²) < 4.78 is 27.1. The third-order valence-corrected chi connectivity index (χ3v) is 7.90. The predicted molar refractivity (Wildman–Crippen MR) is 157 cm³/mol. The molecule has 4 aromatic rings. The van der Waals surface area contributed by atoms with Gasteiger partial charge >= 0.3 is 6.09 Å². The number of nitrogens with one attached hydrogen (secondary N) is 2. The van der Waals surface area contributed by atoms with Gasteiger partial charge in [-0.25, -0.2) is 28.5 Å². The molecule has 0 spiro atoms. The van der Waals surface area contributed by atoms with Gasteiger partial charge in [-0.15, -0.1) is 0 Å². The van der Waals surface area contributed by atoms with Crippen LogP contribution >= 0.6 is 11.3 Å². The number of piperidine rings is 1. The number of likely N-dealkylation sites (tertiary alicyclic amines) is 1. The van der Waals surface area contributed by atoms with Gasteiger partial charge in [0.2, 0.25) is 0 Å². The smallest absolute Gasteiger partial charge is 0.407 e. The number of hydrogen-bond donors (Lipinski definition) is 3. The van der Waals surface area contributed by atoms with Crippen molar-refractivity contribution in [2.45, 2.75) is 51.7 Å². The first-order valence-electron chi connectivity index (χ1n) is 13.5. The number of carbonyl (C=O) groups is 2. The van der Waals surface area contributed by atoms with E-state index in [0.29, 0.717) is 64.2 Å². The Balaban J connectivity index is 1.18. The lowest BCUT2D eigenvalue weighted by Gasteiger charge is -2.43. The van der Waals surface area contributed by atoms with E-state index < -0.39 is 23.3 Å². The van der Waals surface area contributed by atoms with Crippen LogP contribution < -0.4 is 10.6 Å². The molecule has 0 unspecified atom stereocenters. The molecule has 4 heterocycles. The Morgan fingerprint density at radius 2 is 1.81 bits per heavy atom. The van der Waals surface area contributed by atoms with Crippen LogP contribution in [0.4, 0.5) is 30.3 Å². The third kappa shape index (κ3) is 6.56. The molecule has 1 aliphatic rings. The summed E-state index contributed by atoms with van der Waals surface area (Å²) in [7, 11) is 0. The van der Waals surface area contributed by atoms with Crippen molar-refractivity contribution in [3.05, 3.63) is 71.4 Å². The number of nitrogens with zero attached hydrogens (tertiary/aromatic N) is 5. The molecule has 5 rings (SSSR count). The zero-order chi connectivity index (χ0) is 30.0. The van der Waals surface area contributed by atoms with Crippen molar-refractivity contribution in [1.82, 2.24) is 24.8 Å². The van der Waals surface area contributed by atoms with Gasteiger partial charge in [0.25, 0.3) is 5.91 Å². The first-order valence-corrected chi connectivity index (χ1v) is 14.3. The van der Waals surface area contributed by atoms with Crippen molar-refractivity contribution >= 4 is 50.5 Å². The Kier molecular flexibility index (Phi) is 8.21. The summed E-state index contributed by atoms with van der Waals surface area (Å²) in [6.07, 6.45) is 1.72. The van der Waals surface area contributed by atoms with Crippen LogP contribution in [0.15, 0.2) is 48.7 Å². The Hall–Kier alpha value is -4.39. The van der Waals surface area contributed by atoms with Crippen LogP contribution in [0.2, 0.25) is 0 Å². The Morgan fingerprint density at radius 3 is 2.45 bits per heavy atom. The van der Waals surface area contributed by atoms with E-state index in [1.807, 2.05) is 20.8 Å². The van der Waals surface area contributed by atoms with Gasteiger partial charge in [0, 0.05) is 49.0 Å². The van der Waals surface area contributed by atoms with Crippen molar-refractivity contribution < 1.29 is 23.5 Å². The zero-order valence-electron chi connectivity index (χ0n) is 23.4. The number of hydrogen-bond acceptors (Lipinski definition) is 8. The molecule has 1 saturated heterocycles. The molecule has 220 valence electrons. The number of fused-ring (bicyclic) bond motifs is 1. The molecule has 0 radical (unpaired) electrons. The average Bonchev–Trinajstić information content (AvgIpc) is 3.33. The number of anilines is 3. The second-order valence-corrected chi connectivity index (χ2v) is 12.0. The lowest BCUT2D eigenvalue weighted by atomic mass is 9.96. The van der Waals surface area contributed by atoms with Crippen LogP contribution in [-0.2, 0) is 6.54 Å². The highest BCUT2D eigenvalue weighted by Crippen LogP contribution is 2.29. The van der Waals surface area contributed by atoms with E-state index in [9.17, 15) is 23.5 Å². The molecular weight excluding hydrogens is 564 g/mol. The maximum atomic E-state index is 13.9. The van der Waals surface area contributed by atoms with Gasteiger partial charge in [-0.2, -0.15) is 0 Å². The van der Waals surface area contributed by atoms with Gasteiger partial charge in [-0.1, -0.05) is 17.4 Å². The molecule has 42 heavy (non-hydrogen) atoms. The topological polar surface area (TPSA) is 124 Å². The summed E-state index contributed by atoms with van der Waals surface area (Å²) in [5.74, 6) is -0.355. The molecule has 13 heteroatoms. The minimum Gasteiger partial charge on any atom is -0.465 e. The normalized spacial score (nSPS) is 14.2. The predicted octanol–water partition coefficient (Wildman–Crippen LogP) is 6.10. The fourth-order valence-corrected chi connectivity index (χ4v) is 5.87. The molecule has 3 N–H and O–H groups in total. The Labute approximate surface area is 245 Å². The summed E-state index contributed by atoms with van der Waals surface area (Å²) >= 11 is 1.31. The summed E-state index contributed by atoms with van der Waals surface area (Å²) in [5, 5.41) is 16.4. The first-order chi connectivity index (χ1) is 20.0. The van der Waals surface area contributed by atoms with Crippen molar-refractivity contribution in [3.63, 3.8) is 0 Å². The number of pyridine rings is 2. The largest absolute Gasteiger partial charge is 0.465 e. The summed E-state index contributed by atoms with van der Waals surface area (Å²) in [5.41, 5.74) is 0.931. The molecule has 0 bridgehead atoms. The molecule has 1 fully saturated rings. The molecular formula is C29H31F2N7O3S. The second-order valence-electron chi connectivity index (χ2n) is 11.0. The molecule has 1 aliphatic heterocycles. The number of carbonyl (C=O) groups excluding carboxylic acids is 1. The molecule has 10 nitrogen and oxygen atoms in total. The van der Waals surface area contributed by atoms with Gasteiger partial charge < -0.3 is 25.5 Å². The molecule has 0 aliphatic carbocycles. The highest BCUT2D eigenvalue weighted by molar-refractivity contribution is 7.21. The molecule has 0 atom stereocenters. The van der Waals surface area contributed by atoms with E-state index in [-0.39, 0.29) is 18.5 Å². The van der Waals surface area contributed by atoms with E-state index in [1.165, 1.54) is 34.6 Å². The minimum absolute atomic E-state index is 0.135. The number of halogens is 2. The van der Waals surface area contributed by atoms with E-state index in [2.05, 4.69) is 25.6 Å². The highest BCUT2D eigenvalue weighted by Gasteiger charge is 2.36. The van der Waals surface area contributed by atoms with Crippen LogP contribution in [0.25, 0.3) is 10.3 Å². The van der Waals surface area contributed by atoms with Crippen molar-refractivity contribution in [1.29, 1.82) is 0 Å². The number of rotatable bonds is 7. The van der Waals surface area contributed by atoms with Gasteiger partial charge in [0.1, 0.15) is 33.6 Å². The SMILES string of the molecule is CC(C)(C)N(C(=O)O)C1CCN(C(=O)c2ccc(Nc3nc4ccc(NCc5ccc(F)cc5F)nc4s3)nc2)CC1. The third-order valence-electron chi connectivity index (χ3n) is 7.02. The molecule has 0 saturated carbocycles. The maximum Gasteiger partial charge on any atom is 0.407 e. The number of carboxylic acid groups (broad SMARTS) is 1. The lowest BCUT2D eigenvalue weighted by molar-refractivity contribution is 0.0384. The highest BCUT2D eigenvalue weighted by atomic mass is 32.1. The average molecular weight is 596 g/mol. The van der Waals surface area contributed by atoms with Gasteiger partial charge in [0.05, 0.1) is 5.56 Å². The lowest BCUT2D eigenvalue weighted by Crippen LogP contribution is -2.55. The second kappa shape index (κ2) is 11.8. The van der Waals surface area contributed by atoms with Crippen LogP contribution in [0, 0.1) is 11.6 Å². The fraction of sp³-hybridized carbons (Fsp3) is 0.345. The van der Waals surface area contributed by atoms with Crippen molar-refractivity contribution in [3.8, 4) is 0 Å². The first kappa shape index (κ1) is 29.1. The van der Waals surface area contributed by atoms with Crippen molar-refractivity contribution in [2.24, 2.45) is 0 Å². The zero-order valence-corrected chi connectivity index (χ0v) is 24.2. The van der Waals surface area contributed by atoms with Crippen molar-refractivity contribution in [2.75, 3.05) is 23.7 Å². The van der Waals surface area contributed by atoms with E-state index in [1.54, 1.807) is 29.2 Å².